The first-order valence-electron chi connectivity index (χ1n) is 7.02. The molecule has 112 valence electrons. The Morgan fingerprint density at radius 3 is 2.81 bits per heavy atom. The SMILES string of the molecule is Cc1noc(C)c1-c1nc(NC2CC[C@@H](N)C2)ncc1Cl. The molecule has 2 heterocycles. The van der Waals surface area contributed by atoms with Crippen molar-refractivity contribution in [1.29, 1.82) is 0 Å². The van der Waals surface area contributed by atoms with Crippen LogP contribution in [0.25, 0.3) is 11.3 Å². The molecule has 1 unspecified atom stereocenters. The van der Waals surface area contributed by atoms with Gasteiger partial charge < -0.3 is 15.6 Å². The lowest BCUT2D eigenvalue weighted by molar-refractivity contribution is 0.393. The number of aromatic nitrogens is 3. The number of aryl methyl sites for hydroxylation is 2. The number of nitrogens with two attached hydrogens (primary N) is 1. The van der Waals surface area contributed by atoms with Crippen molar-refractivity contribution in [2.45, 2.75) is 45.2 Å². The summed E-state index contributed by atoms with van der Waals surface area (Å²) in [6.07, 6.45) is 4.61. The summed E-state index contributed by atoms with van der Waals surface area (Å²) in [5.41, 5.74) is 8.17. The van der Waals surface area contributed by atoms with E-state index in [1.165, 1.54) is 0 Å². The highest BCUT2D eigenvalue weighted by atomic mass is 35.5. The fraction of sp³-hybridized carbons (Fsp3) is 0.500. The van der Waals surface area contributed by atoms with E-state index < -0.39 is 0 Å². The maximum absolute atomic E-state index is 6.23. The molecule has 0 aliphatic heterocycles. The predicted molar refractivity (Wildman–Crippen MR) is 81.3 cm³/mol. The van der Waals surface area contributed by atoms with Gasteiger partial charge in [0.2, 0.25) is 5.95 Å². The van der Waals surface area contributed by atoms with Crippen molar-refractivity contribution in [1.82, 2.24) is 15.1 Å². The largest absolute Gasteiger partial charge is 0.361 e. The van der Waals surface area contributed by atoms with Gasteiger partial charge in [0, 0.05) is 12.1 Å². The van der Waals surface area contributed by atoms with Crippen LogP contribution in [0.15, 0.2) is 10.7 Å². The van der Waals surface area contributed by atoms with E-state index in [-0.39, 0.29) is 6.04 Å². The Labute approximate surface area is 128 Å². The Kier molecular flexibility index (Phi) is 3.82. The Morgan fingerprint density at radius 2 is 2.19 bits per heavy atom. The van der Waals surface area contributed by atoms with E-state index in [1.807, 2.05) is 13.8 Å². The monoisotopic (exact) mass is 307 g/mol. The van der Waals surface area contributed by atoms with Crippen LogP contribution in [0.5, 0.6) is 0 Å². The molecule has 0 radical (unpaired) electrons. The number of anilines is 1. The van der Waals surface area contributed by atoms with Gasteiger partial charge in [-0.15, -0.1) is 0 Å². The average molecular weight is 308 g/mol. The molecule has 0 saturated heterocycles. The molecular formula is C14H18ClN5O. The van der Waals surface area contributed by atoms with Gasteiger partial charge in [-0.2, -0.15) is 0 Å². The molecular weight excluding hydrogens is 290 g/mol. The number of halogens is 1. The highest BCUT2D eigenvalue weighted by Gasteiger charge is 2.23. The van der Waals surface area contributed by atoms with Gasteiger partial charge in [-0.3, -0.25) is 0 Å². The molecule has 3 N–H and O–H groups in total. The van der Waals surface area contributed by atoms with E-state index >= 15 is 0 Å². The lowest BCUT2D eigenvalue weighted by Gasteiger charge is -2.13. The highest BCUT2D eigenvalue weighted by Crippen LogP contribution is 2.31. The van der Waals surface area contributed by atoms with Gasteiger partial charge in [-0.05, 0) is 33.1 Å². The number of hydrogen-bond acceptors (Lipinski definition) is 6. The van der Waals surface area contributed by atoms with Crippen molar-refractivity contribution in [3.8, 4) is 11.3 Å². The molecule has 2 aromatic rings. The smallest absolute Gasteiger partial charge is 0.223 e. The first kappa shape index (κ1) is 14.3. The zero-order valence-corrected chi connectivity index (χ0v) is 12.8. The minimum absolute atomic E-state index is 0.261. The number of nitrogens with zero attached hydrogens (tertiary/aromatic N) is 3. The minimum atomic E-state index is 0.261. The number of hydrogen-bond donors (Lipinski definition) is 2. The van der Waals surface area contributed by atoms with Crippen LogP contribution >= 0.6 is 11.6 Å². The molecule has 0 aromatic carbocycles. The summed E-state index contributed by atoms with van der Waals surface area (Å²) < 4.78 is 5.19. The Balaban J connectivity index is 1.90. The molecule has 21 heavy (non-hydrogen) atoms. The number of nitrogens with one attached hydrogen (secondary N) is 1. The maximum Gasteiger partial charge on any atom is 0.223 e. The van der Waals surface area contributed by atoms with Crippen LogP contribution in [0.3, 0.4) is 0 Å². The van der Waals surface area contributed by atoms with Gasteiger partial charge >= 0.3 is 0 Å². The van der Waals surface area contributed by atoms with E-state index in [0.717, 1.165) is 30.5 Å². The lowest BCUT2D eigenvalue weighted by atomic mass is 10.1. The highest BCUT2D eigenvalue weighted by molar-refractivity contribution is 6.33. The van der Waals surface area contributed by atoms with Crippen molar-refractivity contribution in [2.24, 2.45) is 5.73 Å². The molecule has 0 spiro atoms. The van der Waals surface area contributed by atoms with Gasteiger partial charge in [0.1, 0.15) is 5.76 Å². The lowest BCUT2D eigenvalue weighted by Crippen LogP contribution is -2.21. The first-order valence-corrected chi connectivity index (χ1v) is 7.40. The Hall–Kier alpha value is -1.66. The van der Waals surface area contributed by atoms with Crippen LogP contribution in [0.2, 0.25) is 5.02 Å². The van der Waals surface area contributed by atoms with E-state index in [1.54, 1.807) is 6.20 Å². The van der Waals surface area contributed by atoms with Crippen molar-refractivity contribution >= 4 is 17.5 Å². The van der Waals surface area contributed by atoms with Crippen molar-refractivity contribution in [2.75, 3.05) is 5.32 Å². The number of rotatable bonds is 3. The van der Waals surface area contributed by atoms with Crippen LogP contribution in [-0.4, -0.2) is 27.2 Å². The first-order chi connectivity index (χ1) is 10.0. The summed E-state index contributed by atoms with van der Waals surface area (Å²) in [6, 6.07) is 0.579. The van der Waals surface area contributed by atoms with Crippen LogP contribution in [0.1, 0.15) is 30.7 Å². The summed E-state index contributed by atoms with van der Waals surface area (Å²) in [5.74, 6) is 1.26. The average Bonchev–Trinajstić information content (AvgIpc) is 2.99. The fourth-order valence-corrected chi connectivity index (χ4v) is 2.95. The second kappa shape index (κ2) is 5.61. The summed E-state index contributed by atoms with van der Waals surface area (Å²) in [7, 11) is 0. The molecule has 0 bridgehead atoms. The molecule has 1 aliphatic carbocycles. The summed E-state index contributed by atoms with van der Waals surface area (Å²) >= 11 is 6.23. The second-order valence-corrected chi connectivity index (χ2v) is 5.91. The van der Waals surface area contributed by atoms with E-state index in [4.69, 9.17) is 21.9 Å². The van der Waals surface area contributed by atoms with Crippen LogP contribution in [-0.2, 0) is 0 Å². The molecule has 6 nitrogen and oxygen atoms in total. The van der Waals surface area contributed by atoms with Crippen LogP contribution in [0, 0.1) is 13.8 Å². The summed E-state index contributed by atoms with van der Waals surface area (Å²) in [5, 5.41) is 7.76. The molecule has 1 aliphatic rings. The van der Waals surface area contributed by atoms with Crippen LogP contribution < -0.4 is 11.1 Å². The normalized spacial score (nSPS) is 21.7. The third kappa shape index (κ3) is 2.87. The Bertz CT molecular complexity index is 637. The van der Waals surface area contributed by atoms with Gasteiger partial charge in [0.05, 0.1) is 28.2 Å². The van der Waals surface area contributed by atoms with Crippen molar-refractivity contribution < 1.29 is 4.52 Å². The van der Waals surface area contributed by atoms with Crippen LogP contribution in [0.4, 0.5) is 5.95 Å². The molecule has 1 saturated carbocycles. The molecule has 0 amide bonds. The van der Waals surface area contributed by atoms with Gasteiger partial charge in [-0.25, -0.2) is 9.97 Å². The van der Waals surface area contributed by atoms with Crippen molar-refractivity contribution in [3.05, 3.63) is 22.7 Å². The van der Waals surface area contributed by atoms with Crippen molar-refractivity contribution in [3.63, 3.8) is 0 Å². The topological polar surface area (TPSA) is 89.9 Å². The predicted octanol–water partition coefficient (Wildman–Crippen LogP) is 2.69. The molecule has 1 fully saturated rings. The standard InChI is InChI=1S/C14H18ClN5O/c1-7-12(8(2)21-20-7)13-11(15)6-17-14(19-13)18-10-4-3-9(16)5-10/h6,9-10H,3-5,16H2,1-2H3,(H,17,18,19)/t9-,10?/m1/s1. The quantitative estimate of drug-likeness (QED) is 0.906. The second-order valence-electron chi connectivity index (χ2n) is 5.50. The zero-order chi connectivity index (χ0) is 15.0. The third-order valence-electron chi connectivity index (χ3n) is 3.82. The molecule has 2 aromatic heterocycles. The van der Waals surface area contributed by atoms with E-state index in [9.17, 15) is 0 Å². The van der Waals surface area contributed by atoms with E-state index in [2.05, 4.69) is 20.4 Å². The molecule has 7 heteroatoms. The van der Waals surface area contributed by atoms with E-state index in [0.29, 0.717) is 28.5 Å². The zero-order valence-electron chi connectivity index (χ0n) is 12.1. The van der Waals surface area contributed by atoms with Gasteiger partial charge in [0.15, 0.2) is 0 Å². The summed E-state index contributed by atoms with van der Waals surface area (Å²) in [4.78, 5) is 8.78. The maximum atomic E-state index is 6.23. The summed E-state index contributed by atoms with van der Waals surface area (Å²) in [6.45, 7) is 3.71. The molecule has 2 atom stereocenters. The fourth-order valence-electron chi connectivity index (χ4n) is 2.76. The molecule has 3 rings (SSSR count). The minimum Gasteiger partial charge on any atom is -0.361 e. The third-order valence-corrected chi connectivity index (χ3v) is 4.10. The van der Waals surface area contributed by atoms with Gasteiger partial charge in [-0.1, -0.05) is 16.8 Å². The van der Waals surface area contributed by atoms with Gasteiger partial charge in [0.25, 0.3) is 0 Å². The Morgan fingerprint density at radius 1 is 1.38 bits per heavy atom.